The number of hydrogen-bond donors (Lipinski definition) is 1. The predicted molar refractivity (Wildman–Crippen MR) is 94.7 cm³/mol. The molecule has 1 aliphatic carbocycles. The third kappa shape index (κ3) is 3.78. The van der Waals surface area contributed by atoms with Crippen LogP contribution in [0.1, 0.15) is 50.5 Å². The van der Waals surface area contributed by atoms with E-state index in [1.807, 2.05) is 0 Å². The van der Waals surface area contributed by atoms with Gasteiger partial charge in [0.05, 0.1) is 5.56 Å². The molecule has 5 heteroatoms. The average Bonchev–Trinajstić information content (AvgIpc) is 2.63. The summed E-state index contributed by atoms with van der Waals surface area (Å²) in [6, 6.07) is 5.69. The van der Waals surface area contributed by atoms with E-state index in [9.17, 15) is 17.6 Å². The number of rotatable bonds is 4. The summed E-state index contributed by atoms with van der Waals surface area (Å²) in [5.41, 5.74) is 6.39. The van der Waals surface area contributed by atoms with E-state index < -0.39 is 23.3 Å². The molecule has 1 unspecified atom stereocenters. The summed E-state index contributed by atoms with van der Waals surface area (Å²) in [6.07, 6.45) is 4.53. The first-order valence-electron chi connectivity index (χ1n) is 9.10. The Kier molecular flexibility index (Phi) is 5.66. The van der Waals surface area contributed by atoms with Gasteiger partial charge in [0.1, 0.15) is 11.6 Å². The third-order valence-electron chi connectivity index (χ3n) is 5.59. The Morgan fingerprint density at radius 2 is 1.50 bits per heavy atom. The molecule has 0 amide bonds. The molecule has 0 aliphatic heterocycles. The predicted octanol–water partition coefficient (Wildman–Crippen LogP) is 5.92. The molecular formula is C21H23F4N. The summed E-state index contributed by atoms with van der Waals surface area (Å²) in [5.74, 6) is -3.12. The smallest absolute Gasteiger partial charge is 0.159 e. The van der Waals surface area contributed by atoms with Gasteiger partial charge in [0.25, 0.3) is 0 Å². The largest absolute Gasteiger partial charge is 0.327 e. The van der Waals surface area contributed by atoms with Crippen molar-refractivity contribution in [3.8, 4) is 11.1 Å². The molecule has 0 heterocycles. The fraction of sp³-hybridized carbons (Fsp3) is 0.429. The monoisotopic (exact) mass is 365 g/mol. The summed E-state index contributed by atoms with van der Waals surface area (Å²) in [7, 11) is 0. The molecule has 1 saturated carbocycles. The van der Waals surface area contributed by atoms with Crippen molar-refractivity contribution in [1.29, 1.82) is 0 Å². The second-order valence-electron chi connectivity index (χ2n) is 7.17. The molecule has 0 bridgehead atoms. The summed E-state index contributed by atoms with van der Waals surface area (Å²) < 4.78 is 55.6. The molecule has 3 rings (SSSR count). The molecular weight excluding hydrogens is 342 g/mol. The van der Waals surface area contributed by atoms with Gasteiger partial charge in [0, 0.05) is 6.04 Å². The summed E-state index contributed by atoms with van der Waals surface area (Å²) in [6.45, 7) is 2.07. The van der Waals surface area contributed by atoms with Crippen molar-refractivity contribution in [2.24, 2.45) is 11.7 Å². The van der Waals surface area contributed by atoms with Crippen LogP contribution in [0, 0.1) is 29.2 Å². The fourth-order valence-electron chi connectivity index (χ4n) is 3.97. The topological polar surface area (TPSA) is 26.0 Å². The molecule has 0 aromatic heterocycles. The summed E-state index contributed by atoms with van der Waals surface area (Å²) in [4.78, 5) is 0. The van der Waals surface area contributed by atoms with Gasteiger partial charge in [0.2, 0.25) is 0 Å². The number of halogens is 4. The maximum atomic E-state index is 14.6. The molecule has 1 fully saturated rings. The second-order valence-corrected chi connectivity index (χ2v) is 7.17. The first-order valence-corrected chi connectivity index (χ1v) is 9.10. The van der Waals surface area contributed by atoms with E-state index >= 15 is 0 Å². The van der Waals surface area contributed by atoms with Gasteiger partial charge in [-0.1, -0.05) is 13.0 Å². The minimum atomic E-state index is -1.13. The van der Waals surface area contributed by atoms with E-state index in [-0.39, 0.29) is 23.1 Å². The number of benzene rings is 2. The van der Waals surface area contributed by atoms with E-state index in [1.165, 1.54) is 18.2 Å². The molecule has 2 N–H and O–H groups in total. The zero-order valence-corrected chi connectivity index (χ0v) is 14.7. The molecule has 0 saturated heterocycles. The quantitative estimate of drug-likeness (QED) is 0.669. The van der Waals surface area contributed by atoms with Gasteiger partial charge in [-0.2, -0.15) is 0 Å². The first-order chi connectivity index (χ1) is 12.4. The van der Waals surface area contributed by atoms with Crippen LogP contribution < -0.4 is 5.73 Å². The maximum absolute atomic E-state index is 14.6. The normalized spacial score (nSPS) is 21.6. The van der Waals surface area contributed by atoms with E-state index in [0.717, 1.165) is 44.2 Å². The third-order valence-corrected chi connectivity index (χ3v) is 5.59. The van der Waals surface area contributed by atoms with Crippen molar-refractivity contribution in [2.75, 3.05) is 0 Å². The van der Waals surface area contributed by atoms with E-state index in [1.54, 1.807) is 0 Å². The van der Waals surface area contributed by atoms with Crippen LogP contribution in [0.2, 0.25) is 0 Å². The van der Waals surface area contributed by atoms with Gasteiger partial charge < -0.3 is 5.73 Å². The zero-order chi connectivity index (χ0) is 18.8. The minimum Gasteiger partial charge on any atom is -0.327 e. The van der Waals surface area contributed by atoms with Gasteiger partial charge in [-0.25, -0.2) is 17.6 Å². The first kappa shape index (κ1) is 18.9. The van der Waals surface area contributed by atoms with Crippen LogP contribution in [-0.2, 0) is 0 Å². The van der Waals surface area contributed by atoms with Crippen LogP contribution >= 0.6 is 0 Å². The standard InChI is InChI=1S/C21H23F4N/c1-2-20(26)13-5-3-12(4-6-13)15-10-18(24)21(19(25)11-15)14-7-8-16(22)17(23)9-14/h7-13,20H,2-6,26H2,1H3. The molecule has 2 aromatic carbocycles. The van der Waals surface area contributed by atoms with Crippen molar-refractivity contribution in [2.45, 2.75) is 51.0 Å². The van der Waals surface area contributed by atoms with Gasteiger partial charge in [-0.05, 0) is 79.3 Å². The highest BCUT2D eigenvalue weighted by Crippen LogP contribution is 2.39. The zero-order valence-electron chi connectivity index (χ0n) is 14.7. The highest BCUT2D eigenvalue weighted by Gasteiger charge is 2.27. The van der Waals surface area contributed by atoms with Gasteiger partial charge in [-0.15, -0.1) is 0 Å². The van der Waals surface area contributed by atoms with Crippen LogP contribution in [-0.4, -0.2) is 6.04 Å². The van der Waals surface area contributed by atoms with Crippen LogP contribution in [0.4, 0.5) is 17.6 Å². The lowest BCUT2D eigenvalue weighted by molar-refractivity contribution is 0.277. The average molecular weight is 365 g/mol. The van der Waals surface area contributed by atoms with Crippen molar-refractivity contribution in [3.05, 3.63) is 59.2 Å². The summed E-state index contributed by atoms with van der Waals surface area (Å²) >= 11 is 0. The van der Waals surface area contributed by atoms with Crippen LogP contribution in [0.3, 0.4) is 0 Å². The lowest BCUT2D eigenvalue weighted by Gasteiger charge is -2.32. The van der Waals surface area contributed by atoms with Crippen molar-refractivity contribution >= 4 is 0 Å². The van der Waals surface area contributed by atoms with Crippen LogP contribution in [0.25, 0.3) is 11.1 Å². The molecule has 2 aromatic rings. The van der Waals surface area contributed by atoms with Gasteiger partial charge in [-0.3, -0.25) is 0 Å². The lowest BCUT2D eigenvalue weighted by atomic mass is 9.75. The van der Waals surface area contributed by atoms with Crippen molar-refractivity contribution in [3.63, 3.8) is 0 Å². The molecule has 26 heavy (non-hydrogen) atoms. The number of hydrogen-bond acceptors (Lipinski definition) is 1. The molecule has 1 atom stereocenters. The SMILES string of the molecule is CCC(N)C1CCC(c2cc(F)c(-c3ccc(F)c(F)c3)c(F)c2)CC1. The molecule has 1 nitrogen and oxygen atoms in total. The summed E-state index contributed by atoms with van der Waals surface area (Å²) in [5, 5.41) is 0. The highest BCUT2D eigenvalue weighted by molar-refractivity contribution is 5.65. The van der Waals surface area contributed by atoms with Gasteiger partial charge in [0.15, 0.2) is 11.6 Å². The Hall–Kier alpha value is -1.88. The Balaban J connectivity index is 1.83. The molecule has 140 valence electrons. The second kappa shape index (κ2) is 7.78. The van der Waals surface area contributed by atoms with E-state index in [0.29, 0.717) is 11.5 Å². The Labute approximate surface area is 151 Å². The molecule has 0 radical (unpaired) electrons. The highest BCUT2D eigenvalue weighted by atomic mass is 19.2. The Morgan fingerprint density at radius 3 is 2.04 bits per heavy atom. The van der Waals surface area contributed by atoms with Crippen molar-refractivity contribution in [1.82, 2.24) is 0 Å². The minimum absolute atomic E-state index is 0.0110. The van der Waals surface area contributed by atoms with E-state index in [4.69, 9.17) is 5.73 Å². The van der Waals surface area contributed by atoms with E-state index in [2.05, 4.69) is 6.92 Å². The Morgan fingerprint density at radius 1 is 0.885 bits per heavy atom. The van der Waals surface area contributed by atoms with Crippen LogP contribution in [0.5, 0.6) is 0 Å². The maximum Gasteiger partial charge on any atom is 0.159 e. The van der Waals surface area contributed by atoms with Crippen LogP contribution in [0.15, 0.2) is 30.3 Å². The number of nitrogens with two attached hydrogens (primary N) is 1. The Bertz CT molecular complexity index is 759. The lowest BCUT2D eigenvalue weighted by Crippen LogP contribution is -2.32. The van der Waals surface area contributed by atoms with Gasteiger partial charge >= 0.3 is 0 Å². The fourth-order valence-corrected chi connectivity index (χ4v) is 3.97. The molecule has 0 spiro atoms. The van der Waals surface area contributed by atoms with Crippen molar-refractivity contribution < 1.29 is 17.6 Å². The molecule has 1 aliphatic rings.